The summed E-state index contributed by atoms with van der Waals surface area (Å²) in [4.78, 5) is 29.2. The summed E-state index contributed by atoms with van der Waals surface area (Å²) < 4.78 is 7.43. The molecule has 1 saturated heterocycles. The van der Waals surface area contributed by atoms with Crippen LogP contribution in [0.2, 0.25) is 0 Å². The second-order valence-electron chi connectivity index (χ2n) is 7.48. The number of furan rings is 1. The Bertz CT molecular complexity index is 1110. The molecule has 1 fully saturated rings. The lowest BCUT2D eigenvalue weighted by molar-refractivity contribution is -0.140. The minimum Gasteiger partial charge on any atom is -0.507 e. The predicted molar refractivity (Wildman–Crippen MR) is 109 cm³/mol. The maximum Gasteiger partial charge on any atom is 0.295 e. The molecule has 0 radical (unpaired) electrons. The Morgan fingerprint density at radius 3 is 2.62 bits per heavy atom. The van der Waals surface area contributed by atoms with E-state index in [-0.39, 0.29) is 11.3 Å². The van der Waals surface area contributed by atoms with Gasteiger partial charge in [-0.3, -0.25) is 9.59 Å². The van der Waals surface area contributed by atoms with Crippen LogP contribution >= 0.6 is 0 Å². The number of rotatable bonds is 5. The number of para-hydroxylation sites is 1. The van der Waals surface area contributed by atoms with Gasteiger partial charge in [-0.2, -0.15) is 0 Å². The van der Waals surface area contributed by atoms with E-state index in [1.807, 2.05) is 54.9 Å². The molecule has 3 aromatic rings. The molecule has 1 aliphatic rings. The van der Waals surface area contributed by atoms with E-state index in [4.69, 9.17) is 4.42 Å². The summed E-state index contributed by atoms with van der Waals surface area (Å²) in [5, 5.41) is 12.0. The van der Waals surface area contributed by atoms with E-state index in [9.17, 15) is 14.7 Å². The van der Waals surface area contributed by atoms with Crippen molar-refractivity contribution in [3.63, 3.8) is 0 Å². The first-order valence-electron chi connectivity index (χ1n) is 9.41. The number of benzene rings is 1. The molecule has 1 aliphatic heterocycles. The Morgan fingerprint density at radius 2 is 1.93 bits per heavy atom. The highest BCUT2D eigenvalue weighted by Gasteiger charge is 2.47. The summed E-state index contributed by atoms with van der Waals surface area (Å²) in [7, 11) is 5.67. The van der Waals surface area contributed by atoms with Crippen LogP contribution in [0.1, 0.15) is 17.4 Å². The molecule has 0 saturated carbocycles. The number of nitrogens with zero attached hydrogens (tertiary/aromatic N) is 3. The molecule has 0 bridgehead atoms. The van der Waals surface area contributed by atoms with E-state index >= 15 is 0 Å². The third-order valence-corrected chi connectivity index (χ3v) is 5.29. The number of aliphatic hydroxyl groups excluding tert-OH is 1. The monoisotopic (exact) mass is 393 g/mol. The lowest BCUT2D eigenvalue weighted by Gasteiger charge is -2.24. The number of fused-ring (bicyclic) bond motifs is 1. The molecule has 1 aromatic carbocycles. The van der Waals surface area contributed by atoms with Crippen LogP contribution in [0.4, 0.5) is 0 Å². The largest absolute Gasteiger partial charge is 0.507 e. The van der Waals surface area contributed by atoms with Crippen LogP contribution in [0.15, 0.2) is 58.8 Å². The van der Waals surface area contributed by atoms with Gasteiger partial charge in [0.25, 0.3) is 11.7 Å². The standard InChI is InChI=1S/C22H23N3O4/c1-23(2)10-11-25-19(17-9-6-12-29-17)18(21(27)22(25)28)20(26)15-13-24(3)16-8-5-4-7-14(15)16/h4-9,12-13,19,26H,10-11H2,1-3H3/t19-/m0/s1. The summed E-state index contributed by atoms with van der Waals surface area (Å²) in [6.45, 7) is 0.924. The van der Waals surface area contributed by atoms with Crippen molar-refractivity contribution in [1.82, 2.24) is 14.4 Å². The number of amides is 1. The highest BCUT2D eigenvalue weighted by Crippen LogP contribution is 2.40. The number of aromatic nitrogens is 1. The molecule has 7 heteroatoms. The van der Waals surface area contributed by atoms with Gasteiger partial charge >= 0.3 is 0 Å². The highest BCUT2D eigenvalue weighted by atomic mass is 16.3. The fourth-order valence-corrected chi connectivity index (χ4v) is 3.84. The van der Waals surface area contributed by atoms with E-state index in [1.165, 1.54) is 11.2 Å². The molecule has 7 nitrogen and oxygen atoms in total. The van der Waals surface area contributed by atoms with Gasteiger partial charge in [-0.25, -0.2) is 0 Å². The zero-order chi connectivity index (χ0) is 20.7. The first-order valence-corrected chi connectivity index (χ1v) is 9.41. The molecule has 2 aromatic heterocycles. The van der Waals surface area contributed by atoms with Crippen LogP contribution in [0.3, 0.4) is 0 Å². The minimum absolute atomic E-state index is 0.0556. The summed E-state index contributed by atoms with van der Waals surface area (Å²) in [6.07, 6.45) is 3.27. The first-order chi connectivity index (χ1) is 13.9. The molecule has 150 valence electrons. The summed E-state index contributed by atoms with van der Waals surface area (Å²) in [5.74, 6) is -1.07. The van der Waals surface area contributed by atoms with Crippen LogP contribution in [-0.4, -0.2) is 58.3 Å². The van der Waals surface area contributed by atoms with Gasteiger partial charge in [0.05, 0.1) is 11.8 Å². The molecular weight excluding hydrogens is 370 g/mol. The number of aryl methyl sites for hydroxylation is 1. The first kappa shape index (κ1) is 19.0. The second kappa shape index (κ2) is 7.25. The number of hydrogen-bond acceptors (Lipinski definition) is 5. The Morgan fingerprint density at radius 1 is 1.17 bits per heavy atom. The number of Topliss-reactive ketones (excluding diaryl/α,β-unsaturated/α-hetero) is 1. The Hall–Kier alpha value is -3.32. The Balaban J connectivity index is 1.89. The number of hydrogen-bond donors (Lipinski definition) is 1. The maximum absolute atomic E-state index is 13.0. The highest BCUT2D eigenvalue weighted by molar-refractivity contribution is 6.46. The van der Waals surface area contributed by atoms with Crippen molar-refractivity contribution in [3.8, 4) is 0 Å². The number of aliphatic hydroxyl groups is 1. The van der Waals surface area contributed by atoms with Crippen molar-refractivity contribution < 1.29 is 19.1 Å². The topological polar surface area (TPSA) is 78.9 Å². The molecule has 1 N–H and O–H groups in total. The second-order valence-corrected chi connectivity index (χ2v) is 7.48. The van der Waals surface area contributed by atoms with Crippen molar-refractivity contribution in [3.05, 3.63) is 65.8 Å². The predicted octanol–water partition coefficient (Wildman–Crippen LogP) is 2.75. The third-order valence-electron chi connectivity index (χ3n) is 5.29. The Kier molecular flexibility index (Phi) is 4.76. The van der Waals surface area contributed by atoms with Crippen molar-refractivity contribution >= 4 is 28.4 Å². The van der Waals surface area contributed by atoms with Gasteiger partial charge in [-0.15, -0.1) is 0 Å². The summed E-state index contributed by atoms with van der Waals surface area (Å²) >= 11 is 0. The molecule has 0 aliphatic carbocycles. The average Bonchev–Trinajstić information content (AvgIpc) is 3.39. The average molecular weight is 393 g/mol. The van der Waals surface area contributed by atoms with Crippen LogP contribution in [0.25, 0.3) is 16.7 Å². The van der Waals surface area contributed by atoms with Gasteiger partial charge in [-0.1, -0.05) is 18.2 Å². The number of carbonyl (C=O) groups excluding carboxylic acids is 2. The number of ketones is 1. The minimum atomic E-state index is -0.760. The summed E-state index contributed by atoms with van der Waals surface area (Å²) in [5.41, 5.74) is 1.50. The number of likely N-dealkylation sites (tertiary alicyclic amines) is 1. The fraction of sp³-hybridized carbons (Fsp3) is 0.273. The molecular formula is C22H23N3O4. The molecule has 0 spiro atoms. The third kappa shape index (κ3) is 3.13. The number of carbonyl (C=O) groups is 2. The molecule has 1 amide bonds. The van der Waals surface area contributed by atoms with E-state index in [0.29, 0.717) is 24.4 Å². The lowest BCUT2D eigenvalue weighted by atomic mass is 9.99. The van der Waals surface area contributed by atoms with Crippen molar-refractivity contribution in [2.24, 2.45) is 7.05 Å². The quantitative estimate of drug-likeness (QED) is 0.410. The molecule has 1 atom stereocenters. The van der Waals surface area contributed by atoms with Crippen molar-refractivity contribution in [2.75, 3.05) is 27.2 Å². The van der Waals surface area contributed by atoms with Gasteiger partial charge < -0.3 is 23.9 Å². The zero-order valence-electron chi connectivity index (χ0n) is 16.6. The fourth-order valence-electron chi connectivity index (χ4n) is 3.84. The van der Waals surface area contributed by atoms with Gasteiger partial charge in [0.2, 0.25) is 0 Å². The molecule has 4 rings (SSSR count). The van der Waals surface area contributed by atoms with Crippen LogP contribution in [0, 0.1) is 0 Å². The maximum atomic E-state index is 13.0. The van der Waals surface area contributed by atoms with Crippen molar-refractivity contribution in [2.45, 2.75) is 6.04 Å². The van der Waals surface area contributed by atoms with Gasteiger partial charge in [0, 0.05) is 42.8 Å². The Labute approximate surface area is 168 Å². The lowest BCUT2D eigenvalue weighted by Crippen LogP contribution is -2.35. The molecule has 3 heterocycles. The smallest absolute Gasteiger partial charge is 0.295 e. The van der Waals surface area contributed by atoms with E-state index in [0.717, 1.165) is 10.9 Å². The molecule has 0 unspecified atom stereocenters. The van der Waals surface area contributed by atoms with E-state index < -0.39 is 17.7 Å². The van der Waals surface area contributed by atoms with E-state index in [2.05, 4.69) is 0 Å². The molecule has 29 heavy (non-hydrogen) atoms. The van der Waals surface area contributed by atoms with Crippen molar-refractivity contribution in [1.29, 1.82) is 0 Å². The SMILES string of the molecule is CN(C)CCN1C(=O)C(=O)C(=C(O)c2cn(C)c3ccccc23)[C@@H]1c1ccco1. The summed E-state index contributed by atoms with van der Waals surface area (Å²) in [6, 6.07) is 10.3. The van der Waals surface area contributed by atoms with Crippen LogP contribution in [-0.2, 0) is 16.6 Å². The normalized spacial score (nSPS) is 19.0. The van der Waals surface area contributed by atoms with Crippen LogP contribution < -0.4 is 0 Å². The van der Waals surface area contributed by atoms with Gasteiger partial charge in [0.15, 0.2) is 0 Å². The van der Waals surface area contributed by atoms with Gasteiger partial charge in [0.1, 0.15) is 17.6 Å². The van der Waals surface area contributed by atoms with E-state index in [1.54, 1.807) is 18.3 Å². The zero-order valence-corrected chi connectivity index (χ0v) is 16.6. The van der Waals surface area contributed by atoms with Crippen LogP contribution in [0.5, 0.6) is 0 Å². The van der Waals surface area contributed by atoms with Gasteiger partial charge in [-0.05, 0) is 32.3 Å². The number of likely N-dealkylation sites (N-methyl/N-ethyl adjacent to an activating group) is 1.